The summed E-state index contributed by atoms with van der Waals surface area (Å²) in [6.07, 6.45) is 5.64. The summed E-state index contributed by atoms with van der Waals surface area (Å²) in [5.41, 5.74) is 3.70. The quantitative estimate of drug-likeness (QED) is 0.112. The number of fused-ring (bicyclic) bond motifs is 2. The molecule has 4 heterocycles. The van der Waals surface area contributed by atoms with Gasteiger partial charge in [-0.15, -0.1) is 0 Å². The zero-order valence-electron chi connectivity index (χ0n) is 32.7. The summed E-state index contributed by atoms with van der Waals surface area (Å²) in [5, 5.41) is 9.76. The molecule has 5 aromatic rings. The zero-order chi connectivity index (χ0) is 39.7. The molecule has 0 aliphatic carbocycles. The zero-order valence-corrected chi connectivity index (χ0v) is 32.7. The second-order valence-electron chi connectivity index (χ2n) is 15.4. The second-order valence-corrected chi connectivity index (χ2v) is 15.4. The summed E-state index contributed by atoms with van der Waals surface area (Å²) < 4.78 is 9.54. The van der Waals surface area contributed by atoms with Crippen molar-refractivity contribution in [1.82, 2.24) is 40.4 Å². The lowest BCUT2D eigenvalue weighted by atomic mass is 9.99. The molecule has 0 saturated carbocycles. The number of rotatable bonds is 10. The number of ether oxygens (including phenoxy) is 2. The number of nitrogens with zero attached hydrogens (tertiary/aromatic N) is 4. The summed E-state index contributed by atoms with van der Waals surface area (Å²) >= 11 is 0. The van der Waals surface area contributed by atoms with E-state index in [1.807, 2.05) is 49.9 Å². The van der Waals surface area contributed by atoms with E-state index in [0.29, 0.717) is 13.1 Å². The Kier molecular flexibility index (Phi) is 11.0. The number of nitrogens with one attached hydrogen (secondary N) is 4. The molecule has 0 radical (unpaired) electrons. The minimum Gasteiger partial charge on any atom is -0.453 e. The number of hydrogen-bond acceptors (Lipinski definition) is 8. The number of carbonyl (C=O) groups excluding carboxylic acids is 4. The number of H-pyrrole nitrogens is 2. The van der Waals surface area contributed by atoms with Gasteiger partial charge >= 0.3 is 12.2 Å². The van der Waals surface area contributed by atoms with Gasteiger partial charge in [-0.3, -0.25) is 9.59 Å². The first-order chi connectivity index (χ1) is 26.9. The number of aromatic amines is 2. The van der Waals surface area contributed by atoms with Gasteiger partial charge in [0.1, 0.15) is 23.7 Å². The average Bonchev–Trinajstić information content (AvgIpc) is 4.03. The Labute approximate surface area is 325 Å². The van der Waals surface area contributed by atoms with Gasteiger partial charge in [-0.2, -0.15) is 0 Å². The van der Waals surface area contributed by atoms with Gasteiger partial charge in [0.2, 0.25) is 11.8 Å². The highest BCUT2D eigenvalue weighted by atomic mass is 16.5. The van der Waals surface area contributed by atoms with Gasteiger partial charge < -0.3 is 39.9 Å². The highest BCUT2D eigenvalue weighted by molar-refractivity contribution is 6.01. The molecule has 4 atom stereocenters. The Morgan fingerprint density at radius 2 is 1.05 bits per heavy atom. The van der Waals surface area contributed by atoms with Crippen molar-refractivity contribution in [2.75, 3.05) is 27.3 Å². The lowest BCUT2D eigenvalue weighted by Crippen LogP contribution is -2.51. The number of carbonyl (C=O) groups is 4. The number of benzene rings is 3. The predicted molar refractivity (Wildman–Crippen MR) is 212 cm³/mol. The molecule has 294 valence electrons. The number of methoxy groups -OCH3 is 2. The van der Waals surface area contributed by atoms with E-state index in [4.69, 9.17) is 19.4 Å². The van der Waals surface area contributed by atoms with E-state index in [1.54, 1.807) is 0 Å². The molecule has 14 heteroatoms. The van der Waals surface area contributed by atoms with Crippen LogP contribution in [0.3, 0.4) is 0 Å². The number of aromatic nitrogens is 4. The van der Waals surface area contributed by atoms with Crippen LogP contribution in [0.5, 0.6) is 0 Å². The third-order valence-corrected chi connectivity index (χ3v) is 11.1. The maximum atomic E-state index is 13.6. The van der Waals surface area contributed by atoms with Crippen LogP contribution in [-0.4, -0.2) is 93.1 Å². The second kappa shape index (κ2) is 16.0. The van der Waals surface area contributed by atoms with Crippen LogP contribution in [0.25, 0.3) is 44.1 Å². The molecule has 4 N–H and O–H groups in total. The molecular formula is C42H50N8O6. The third kappa shape index (κ3) is 7.64. The molecule has 7 rings (SSSR count). The van der Waals surface area contributed by atoms with E-state index in [-0.39, 0.29) is 35.7 Å². The first-order valence-electron chi connectivity index (χ1n) is 19.3. The molecule has 2 aliphatic heterocycles. The minimum absolute atomic E-state index is 0.108. The number of alkyl carbamates (subject to hydrolysis) is 2. The van der Waals surface area contributed by atoms with Crippen molar-refractivity contribution in [3.8, 4) is 22.5 Å². The van der Waals surface area contributed by atoms with Crippen molar-refractivity contribution in [3.05, 3.63) is 72.6 Å². The SMILES string of the molecule is COC(=O)NC(C(=O)N1CCC[C@H]1c1ncc(-c2ccc3cc4cc(-c5cnc([C@@H]6CCCN6C(=O)[C@@H](NC(=O)OC)C(C)C)[nH]5)ccc4cc3c2)[nH]1)C(C)C. The Bertz CT molecular complexity index is 2100. The van der Waals surface area contributed by atoms with Crippen molar-refractivity contribution in [2.24, 2.45) is 11.8 Å². The first kappa shape index (κ1) is 38.4. The van der Waals surface area contributed by atoms with Crippen molar-refractivity contribution in [1.29, 1.82) is 0 Å². The van der Waals surface area contributed by atoms with Crippen LogP contribution in [0.2, 0.25) is 0 Å². The van der Waals surface area contributed by atoms with Crippen LogP contribution in [0.15, 0.2) is 60.9 Å². The fourth-order valence-electron chi connectivity index (χ4n) is 8.02. The number of hydrogen-bond donors (Lipinski definition) is 4. The molecule has 3 aromatic carbocycles. The summed E-state index contributed by atoms with van der Waals surface area (Å²) in [6.45, 7) is 8.79. The van der Waals surface area contributed by atoms with Crippen molar-refractivity contribution >= 4 is 45.5 Å². The van der Waals surface area contributed by atoms with E-state index >= 15 is 0 Å². The number of likely N-dealkylation sites (tertiary alicyclic amines) is 2. The monoisotopic (exact) mass is 762 g/mol. The summed E-state index contributed by atoms with van der Waals surface area (Å²) in [5.74, 6) is 0.951. The van der Waals surface area contributed by atoms with Gasteiger partial charge in [0.25, 0.3) is 0 Å². The lowest BCUT2D eigenvalue weighted by molar-refractivity contribution is -0.136. The van der Waals surface area contributed by atoms with Gasteiger partial charge in [-0.05, 0) is 83.3 Å². The molecule has 4 amide bonds. The Morgan fingerprint density at radius 1 is 0.643 bits per heavy atom. The van der Waals surface area contributed by atoms with Gasteiger partial charge in [0, 0.05) is 24.2 Å². The normalized spacial score (nSPS) is 18.1. The molecule has 1 unspecified atom stereocenters. The molecular weight excluding hydrogens is 713 g/mol. The van der Waals surface area contributed by atoms with Crippen LogP contribution in [-0.2, 0) is 19.1 Å². The fraction of sp³-hybridized carbons (Fsp3) is 0.429. The topological polar surface area (TPSA) is 175 Å². The maximum absolute atomic E-state index is 13.6. The molecule has 0 spiro atoms. The summed E-state index contributed by atoms with van der Waals surface area (Å²) in [6, 6.07) is 15.2. The average molecular weight is 763 g/mol. The predicted octanol–water partition coefficient (Wildman–Crippen LogP) is 6.86. The lowest BCUT2D eigenvalue weighted by Gasteiger charge is -2.30. The summed E-state index contributed by atoms with van der Waals surface area (Å²) in [7, 11) is 2.58. The van der Waals surface area contributed by atoms with E-state index in [2.05, 4.69) is 69.1 Å². The van der Waals surface area contributed by atoms with Crippen LogP contribution in [0.4, 0.5) is 9.59 Å². The first-order valence-corrected chi connectivity index (χ1v) is 19.3. The van der Waals surface area contributed by atoms with Gasteiger partial charge in [0.15, 0.2) is 0 Å². The molecule has 2 fully saturated rings. The van der Waals surface area contributed by atoms with Crippen molar-refractivity contribution in [2.45, 2.75) is 77.5 Å². The smallest absolute Gasteiger partial charge is 0.407 e. The minimum atomic E-state index is -0.692. The van der Waals surface area contributed by atoms with Crippen molar-refractivity contribution in [3.63, 3.8) is 0 Å². The molecule has 2 aromatic heterocycles. The van der Waals surface area contributed by atoms with Crippen molar-refractivity contribution < 1.29 is 28.7 Å². The Morgan fingerprint density at radius 3 is 1.43 bits per heavy atom. The largest absolute Gasteiger partial charge is 0.453 e. The van der Waals surface area contributed by atoms with E-state index in [9.17, 15) is 19.2 Å². The molecule has 2 saturated heterocycles. The molecule has 0 bridgehead atoms. The standard InChI is InChI=1S/C42H50N8O6/c1-23(2)35(47-41(53)55-5)39(51)49-15-7-9-33(49)37-43-21-31(45-37)27-13-11-25-18-30-20-28(14-12-26(30)17-29(25)19-27)32-22-44-38(46-32)34-10-8-16-50(34)40(52)36(24(3)4)48-42(54)56-6/h11-14,17-24,33-36H,7-10,15-16H2,1-6H3,(H,43,45)(H,44,46)(H,47,53)(H,48,54)/t33-,34-,35-,36?/m0/s1. The molecule has 14 nitrogen and oxygen atoms in total. The van der Waals surface area contributed by atoms with Gasteiger partial charge in [0.05, 0.1) is 50.1 Å². The van der Waals surface area contributed by atoms with E-state index in [0.717, 1.165) is 81.4 Å². The number of imidazole rings is 2. The third-order valence-electron chi connectivity index (χ3n) is 11.1. The van der Waals surface area contributed by atoms with Crippen LogP contribution < -0.4 is 10.6 Å². The maximum Gasteiger partial charge on any atom is 0.407 e. The summed E-state index contributed by atoms with van der Waals surface area (Å²) in [4.78, 5) is 71.2. The Hall–Kier alpha value is -5.92. The highest BCUT2D eigenvalue weighted by Crippen LogP contribution is 2.36. The van der Waals surface area contributed by atoms with E-state index < -0.39 is 24.3 Å². The van der Waals surface area contributed by atoms with Crippen LogP contribution in [0, 0.1) is 11.8 Å². The van der Waals surface area contributed by atoms with Crippen LogP contribution in [0.1, 0.15) is 77.1 Å². The number of amides is 4. The van der Waals surface area contributed by atoms with E-state index in [1.165, 1.54) is 14.2 Å². The van der Waals surface area contributed by atoms with Crippen LogP contribution >= 0.6 is 0 Å². The molecule has 2 aliphatic rings. The molecule has 56 heavy (non-hydrogen) atoms. The Balaban J connectivity index is 1.08. The fourth-order valence-corrected chi connectivity index (χ4v) is 8.02. The highest BCUT2D eigenvalue weighted by Gasteiger charge is 2.39. The van der Waals surface area contributed by atoms with Gasteiger partial charge in [-0.1, -0.05) is 52.0 Å². The van der Waals surface area contributed by atoms with Gasteiger partial charge in [-0.25, -0.2) is 19.6 Å².